The first kappa shape index (κ1) is 44.9. The van der Waals surface area contributed by atoms with Gasteiger partial charge in [-0.2, -0.15) is 0 Å². The lowest BCUT2D eigenvalue weighted by molar-refractivity contribution is -0.172. The highest BCUT2D eigenvalue weighted by Crippen LogP contribution is 2.52. The first-order valence-electron chi connectivity index (χ1n) is 19.9. The predicted octanol–water partition coefficient (Wildman–Crippen LogP) is 7.66. The Bertz CT molecular complexity index is 1130. The van der Waals surface area contributed by atoms with Gasteiger partial charge in [0.05, 0.1) is 30.7 Å². The van der Waals surface area contributed by atoms with Crippen LogP contribution in [-0.4, -0.2) is 74.6 Å². The number of allylic oxidation sites excluding steroid dienone is 2. The number of esters is 5. The highest BCUT2D eigenvalue weighted by molar-refractivity contribution is 5.77. The van der Waals surface area contributed by atoms with Gasteiger partial charge in [-0.15, -0.1) is 0 Å². The summed E-state index contributed by atoms with van der Waals surface area (Å²) in [6.07, 6.45) is 22.7. The molecule has 11 nitrogen and oxygen atoms in total. The number of hydrogen-bond donors (Lipinski definition) is 1. The van der Waals surface area contributed by atoms with Crippen LogP contribution in [0.1, 0.15) is 149 Å². The number of fused-ring (bicyclic) bond motifs is 2. The van der Waals surface area contributed by atoms with Crippen LogP contribution in [0.25, 0.3) is 0 Å². The van der Waals surface area contributed by atoms with Gasteiger partial charge >= 0.3 is 29.8 Å². The molecule has 52 heavy (non-hydrogen) atoms. The van der Waals surface area contributed by atoms with Crippen molar-refractivity contribution in [2.75, 3.05) is 39.6 Å². The van der Waals surface area contributed by atoms with E-state index < -0.39 is 29.4 Å². The minimum Gasteiger partial charge on any atom is -0.465 e. The summed E-state index contributed by atoms with van der Waals surface area (Å²) in [5, 5.41) is 10.5. The summed E-state index contributed by atoms with van der Waals surface area (Å²) >= 11 is 0. The van der Waals surface area contributed by atoms with Crippen molar-refractivity contribution in [3.05, 3.63) is 24.3 Å². The van der Waals surface area contributed by atoms with Crippen molar-refractivity contribution in [3.63, 3.8) is 0 Å². The summed E-state index contributed by atoms with van der Waals surface area (Å²) in [5.74, 6) is -1.48. The first-order chi connectivity index (χ1) is 25.2. The monoisotopic (exact) mass is 734 g/mol. The zero-order valence-corrected chi connectivity index (χ0v) is 32.0. The molecule has 0 heterocycles. The van der Waals surface area contributed by atoms with E-state index >= 15 is 0 Å². The second kappa shape index (κ2) is 26.5. The van der Waals surface area contributed by atoms with Gasteiger partial charge in [0, 0.05) is 25.7 Å². The summed E-state index contributed by atoms with van der Waals surface area (Å²) in [4.78, 5) is 62.6. The minimum atomic E-state index is -1.34. The van der Waals surface area contributed by atoms with Crippen molar-refractivity contribution in [2.45, 2.75) is 149 Å². The van der Waals surface area contributed by atoms with Gasteiger partial charge in [-0.25, -0.2) is 0 Å². The van der Waals surface area contributed by atoms with Crippen LogP contribution in [0.2, 0.25) is 0 Å². The van der Waals surface area contributed by atoms with E-state index in [4.69, 9.17) is 23.7 Å². The quantitative estimate of drug-likeness (QED) is 0.0349. The Kier molecular flexibility index (Phi) is 22.9. The molecule has 0 radical (unpaired) electrons. The van der Waals surface area contributed by atoms with Crippen LogP contribution in [0.4, 0.5) is 0 Å². The average Bonchev–Trinajstić information content (AvgIpc) is 3.46. The van der Waals surface area contributed by atoms with Crippen LogP contribution in [-0.2, 0) is 47.7 Å². The Labute approximate surface area is 311 Å². The van der Waals surface area contributed by atoms with Crippen LogP contribution in [0.3, 0.4) is 0 Å². The lowest BCUT2D eigenvalue weighted by Gasteiger charge is -2.34. The van der Waals surface area contributed by atoms with E-state index in [9.17, 15) is 29.1 Å². The Morgan fingerprint density at radius 3 is 1.69 bits per heavy atom. The number of ether oxygens (including phenoxy) is 5. The Morgan fingerprint density at radius 2 is 1.15 bits per heavy atom. The van der Waals surface area contributed by atoms with Gasteiger partial charge in [-0.1, -0.05) is 63.8 Å². The third kappa shape index (κ3) is 18.5. The van der Waals surface area contributed by atoms with Crippen LogP contribution < -0.4 is 0 Å². The molecule has 2 fully saturated rings. The molecular formula is C41H66O11. The Morgan fingerprint density at radius 1 is 0.635 bits per heavy atom. The smallest absolute Gasteiger partial charge is 0.312 e. The lowest BCUT2D eigenvalue weighted by Crippen LogP contribution is -2.44. The third-order valence-electron chi connectivity index (χ3n) is 10.00. The molecule has 0 spiro atoms. The fourth-order valence-electron chi connectivity index (χ4n) is 6.71. The lowest BCUT2D eigenvalue weighted by atomic mass is 9.76. The number of aliphatic hydroxyl groups is 1. The van der Waals surface area contributed by atoms with Gasteiger partial charge in [0.2, 0.25) is 0 Å². The number of hydrogen-bond acceptors (Lipinski definition) is 11. The van der Waals surface area contributed by atoms with E-state index in [0.717, 1.165) is 57.8 Å². The standard InChI is InChI=1S/C41H66O11/c1-3-5-7-9-10-11-17-28-49-36(44)21-13-15-23-38(46)51-32-40(30-42,33-52-39(47)41-25-18-19-34(29-41)24-26-41)31-50-37(45)22-14-12-20-35(43)48-27-16-8-6-4-2/h6,8,10-11,34,42H,3-5,7,9,12-33H2,1-2H3/b8-6-,11-10-. The maximum absolute atomic E-state index is 13.3. The van der Waals surface area contributed by atoms with E-state index in [-0.39, 0.29) is 63.4 Å². The van der Waals surface area contributed by atoms with E-state index in [1.807, 2.05) is 25.2 Å². The molecule has 3 unspecified atom stereocenters. The maximum atomic E-state index is 13.3. The largest absolute Gasteiger partial charge is 0.465 e. The molecular weight excluding hydrogens is 668 g/mol. The predicted molar refractivity (Wildman–Crippen MR) is 197 cm³/mol. The molecule has 2 rings (SSSR count). The second-order valence-electron chi connectivity index (χ2n) is 14.6. The number of unbranched alkanes of at least 4 members (excludes halogenated alkanes) is 5. The molecule has 3 atom stereocenters. The molecule has 2 aliphatic rings. The van der Waals surface area contributed by atoms with Crippen molar-refractivity contribution in [3.8, 4) is 0 Å². The maximum Gasteiger partial charge on any atom is 0.312 e. The van der Waals surface area contributed by atoms with Crippen LogP contribution in [0, 0.1) is 16.7 Å². The van der Waals surface area contributed by atoms with E-state index in [2.05, 4.69) is 13.0 Å². The van der Waals surface area contributed by atoms with Crippen molar-refractivity contribution in [1.82, 2.24) is 0 Å². The molecule has 0 amide bonds. The summed E-state index contributed by atoms with van der Waals surface area (Å²) in [6.45, 7) is 3.41. The molecule has 0 aromatic carbocycles. The molecule has 11 heteroatoms. The van der Waals surface area contributed by atoms with E-state index in [1.165, 1.54) is 12.8 Å². The van der Waals surface area contributed by atoms with Crippen molar-refractivity contribution in [2.24, 2.45) is 16.7 Å². The molecule has 296 valence electrons. The molecule has 0 aromatic heterocycles. The third-order valence-corrected chi connectivity index (χ3v) is 10.00. The fourth-order valence-corrected chi connectivity index (χ4v) is 6.71. The van der Waals surface area contributed by atoms with Crippen LogP contribution in [0.5, 0.6) is 0 Å². The van der Waals surface area contributed by atoms with Gasteiger partial charge in [0.25, 0.3) is 0 Å². The van der Waals surface area contributed by atoms with Gasteiger partial charge < -0.3 is 28.8 Å². The summed E-state index contributed by atoms with van der Waals surface area (Å²) in [7, 11) is 0. The normalized spacial score (nSPS) is 19.3. The topological polar surface area (TPSA) is 152 Å². The van der Waals surface area contributed by atoms with Crippen molar-refractivity contribution < 1.29 is 52.8 Å². The van der Waals surface area contributed by atoms with Crippen LogP contribution >= 0.6 is 0 Å². The highest BCUT2D eigenvalue weighted by Gasteiger charge is 2.49. The Balaban J connectivity index is 1.79. The van der Waals surface area contributed by atoms with Gasteiger partial charge in [0.1, 0.15) is 19.8 Å². The molecule has 2 bridgehead atoms. The molecule has 1 N–H and O–H groups in total. The first-order valence-corrected chi connectivity index (χ1v) is 19.9. The fraction of sp³-hybridized carbons (Fsp3) is 0.780. The minimum absolute atomic E-state index is 0.0519. The van der Waals surface area contributed by atoms with Crippen molar-refractivity contribution >= 4 is 29.8 Å². The highest BCUT2D eigenvalue weighted by atomic mass is 16.6. The molecule has 0 aliphatic heterocycles. The van der Waals surface area contributed by atoms with Gasteiger partial charge in [-0.05, 0) is 89.4 Å². The Hall–Kier alpha value is -3.21. The zero-order chi connectivity index (χ0) is 37.9. The SMILES string of the molecule is CC/C=C\CCOC(=O)CCCCC(=O)OCC(CO)(COC(=O)CCCCC(=O)OCC/C=C\CCCCC)COC(=O)C12CCCC(CC1)C2. The van der Waals surface area contributed by atoms with E-state index in [0.29, 0.717) is 57.7 Å². The summed E-state index contributed by atoms with van der Waals surface area (Å²) in [6, 6.07) is 0. The molecule has 2 saturated carbocycles. The van der Waals surface area contributed by atoms with Gasteiger partial charge in [-0.3, -0.25) is 24.0 Å². The molecule has 2 aliphatic carbocycles. The van der Waals surface area contributed by atoms with Crippen molar-refractivity contribution in [1.29, 1.82) is 0 Å². The molecule has 0 aromatic rings. The average molecular weight is 735 g/mol. The molecule has 0 saturated heterocycles. The number of carbonyl (C=O) groups is 5. The van der Waals surface area contributed by atoms with Crippen LogP contribution in [0.15, 0.2) is 24.3 Å². The summed E-state index contributed by atoms with van der Waals surface area (Å²) < 4.78 is 27.3. The zero-order valence-electron chi connectivity index (χ0n) is 32.0. The summed E-state index contributed by atoms with van der Waals surface area (Å²) in [5.41, 5.74) is -1.86. The van der Waals surface area contributed by atoms with E-state index in [1.54, 1.807) is 0 Å². The second-order valence-corrected chi connectivity index (χ2v) is 14.6. The van der Waals surface area contributed by atoms with Gasteiger partial charge in [0.15, 0.2) is 0 Å². The number of rotatable bonds is 29. The number of carbonyl (C=O) groups excluding carboxylic acids is 5. The number of aliphatic hydroxyl groups excluding tert-OH is 1.